The van der Waals surface area contributed by atoms with Gasteiger partial charge < -0.3 is 18.6 Å². The number of para-hydroxylation sites is 2. The van der Waals surface area contributed by atoms with Crippen molar-refractivity contribution in [3.05, 3.63) is 66.0 Å². The molecule has 0 saturated carbocycles. The molecule has 1 aliphatic rings. The van der Waals surface area contributed by atoms with E-state index in [1.807, 2.05) is 67.1 Å². The van der Waals surface area contributed by atoms with Crippen LogP contribution in [0.4, 0.5) is 5.88 Å². The van der Waals surface area contributed by atoms with Gasteiger partial charge in [-0.2, -0.15) is 0 Å². The third kappa shape index (κ3) is 4.56. The number of amides is 1. The van der Waals surface area contributed by atoms with Gasteiger partial charge in [0, 0.05) is 18.7 Å². The van der Waals surface area contributed by atoms with Crippen LogP contribution in [0.25, 0.3) is 11.3 Å². The molecule has 0 aliphatic carbocycles. The Kier molecular flexibility index (Phi) is 5.74. The molecule has 1 amide bonds. The predicted molar refractivity (Wildman–Crippen MR) is 122 cm³/mol. The Morgan fingerprint density at radius 2 is 1.94 bits per heavy atom. The van der Waals surface area contributed by atoms with Crippen molar-refractivity contribution >= 4 is 23.6 Å². The zero-order valence-corrected chi connectivity index (χ0v) is 18.8. The lowest BCUT2D eigenvalue weighted by atomic mass is 10.1. The molecule has 0 saturated heterocycles. The highest BCUT2D eigenvalue weighted by atomic mass is 32.2. The number of benzene rings is 2. The Morgan fingerprint density at radius 3 is 2.76 bits per heavy atom. The first-order chi connectivity index (χ1) is 16.1. The summed E-state index contributed by atoms with van der Waals surface area (Å²) in [6.07, 6.45) is -0.380. The van der Waals surface area contributed by atoms with Crippen LogP contribution in [0.1, 0.15) is 17.5 Å². The van der Waals surface area contributed by atoms with Crippen molar-refractivity contribution in [3.8, 4) is 22.8 Å². The second-order valence-electron chi connectivity index (χ2n) is 7.54. The minimum atomic E-state index is -0.380. The van der Waals surface area contributed by atoms with E-state index < -0.39 is 0 Å². The molecule has 4 aromatic rings. The summed E-state index contributed by atoms with van der Waals surface area (Å²) in [5.41, 5.74) is 2.74. The fourth-order valence-electron chi connectivity index (χ4n) is 3.38. The number of hydrogen-bond donors (Lipinski definition) is 1. The van der Waals surface area contributed by atoms with E-state index in [1.54, 1.807) is 6.07 Å². The molecule has 5 rings (SSSR count). The second-order valence-corrected chi connectivity index (χ2v) is 8.49. The smallest absolute Gasteiger partial charge is 0.237 e. The van der Waals surface area contributed by atoms with E-state index >= 15 is 0 Å². The lowest BCUT2D eigenvalue weighted by Crippen LogP contribution is -2.24. The molecule has 0 radical (unpaired) electrons. The standard InChI is InChI=1S/C23H21N5O4S/c1-14-7-9-15(10-8-14)16-11-21(32-27-16)24-20(29)13-33-23-26-25-22(28(23)2)19-12-30-17-5-3-4-6-18(17)31-19/h3-11,19H,12-13H2,1-2H3,(H,24,29)/t19-/m0/s1. The first kappa shape index (κ1) is 21.1. The van der Waals surface area contributed by atoms with E-state index in [0.29, 0.717) is 40.7 Å². The van der Waals surface area contributed by atoms with Gasteiger partial charge in [0.25, 0.3) is 0 Å². The first-order valence-electron chi connectivity index (χ1n) is 10.3. The van der Waals surface area contributed by atoms with Gasteiger partial charge in [-0.15, -0.1) is 10.2 Å². The van der Waals surface area contributed by atoms with Gasteiger partial charge in [0.2, 0.25) is 11.8 Å². The van der Waals surface area contributed by atoms with Gasteiger partial charge >= 0.3 is 0 Å². The summed E-state index contributed by atoms with van der Waals surface area (Å²) in [6, 6.07) is 17.1. The summed E-state index contributed by atoms with van der Waals surface area (Å²) in [7, 11) is 1.84. The van der Waals surface area contributed by atoms with Crippen LogP contribution in [0.2, 0.25) is 0 Å². The average Bonchev–Trinajstić information content (AvgIpc) is 3.44. The Morgan fingerprint density at radius 1 is 1.15 bits per heavy atom. The normalized spacial score (nSPS) is 14.8. The average molecular weight is 464 g/mol. The van der Waals surface area contributed by atoms with Gasteiger partial charge in [0.1, 0.15) is 12.3 Å². The van der Waals surface area contributed by atoms with Crippen molar-refractivity contribution in [1.82, 2.24) is 19.9 Å². The molecule has 2 aromatic heterocycles. The summed E-state index contributed by atoms with van der Waals surface area (Å²) in [6.45, 7) is 2.36. The van der Waals surface area contributed by atoms with E-state index in [2.05, 4.69) is 20.7 Å². The van der Waals surface area contributed by atoms with Gasteiger partial charge in [0.05, 0.1) is 5.75 Å². The quantitative estimate of drug-likeness (QED) is 0.428. The van der Waals surface area contributed by atoms with Crippen LogP contribution in [0.3, 0.4) is 0 Å². The number of nitrogens with one attached hydrogen (secondary N) is 1. The molecule has 9 nitrogen and oxygen atoms in total. The van der Waals surface area contributed by atoms with Crippen molar-refractivity contribution in [2.45, 2.75) is 18.2 Å². The maximum absolute atomic E-state index is 12.4. The van der Waals surface area contributed by atoms with Crippen LogP contribution in [0.5, 0.6) is 11.5 Å². The van der Waals surface area contributed by atoms with Gasteiger partial charge in [-0.3, -0.25) is 10.1 Å². The van der Waals surface area contributed by atoms with Crippen LogP contribution in [-0.2, 0) is 11.8 Å². The third-order valence-corrected chi connectivity index (χ3v) is 6.14. The highest BCUT2D eigenvalue weighted by molar-refractivity contribution is 7.99. The number of rotatable bonds is 6. The molecule has 0 bridgehead atoms. The van der Waals surface area contributed by atoms with Gasteiger partial charge in [-0.25, -0.2) is 0 Å². The monoisotopic (exact) mass is 463 g/mol. The molecule has 1 atom stereocenters. The molecule has 3 heterocycles. The third-order valence-electron chi connectivity index (χ3n) is 5.12. The molecule has 0 fully saturated rings. The maximum Gasteiger partial charge on any atom is 0.237 e. The number of carbonyl (C=O) groups excluding carboxylic acids is 1. The Balaban J connectivity index is 1.18. The van der Waals surface area contributed by atoms with Crippen molar-refractivity contribution in [2.75, 3.05) is 17.7 Å². The SMILES string of the molecule is Cc1ccc(-c2cc(NC(=O)CSc3nnc([C@@H]4COc5ccccc5O4)n3C)on2)cc1. The molecule has 0 spiro atoms. The zero-order chi connectivity index (χ0) is 22.8. The molecule has 1 N–H and O–H groups in total. The molecule has 1 aliphatic heterocycles. The number of fused-ring (bicyclic) bond motifs is 1. The van der Waals surface area contributed by atoms with Gasteiger partial charge in [-0.05, 0) is 19.1 Å². The van der Waals surface area contributed by atoms with Crippen LogP contribution in [0, 0.1) is 6.92 Å². The number of ether oxygens (including phenoxy) is 2. The Hall–Kier alpha value is -3.79. The first-order valence-corrected chi connectivity index (χ1v) is 11.3. The number of aromatic nitrogens is 4. The number of anilines is 1. The van der Waals surface area contributed by atoms with Crippen LogP contribution < -0.4 is 14.8 Å². The maximum atomic E-state index is 12.4. The number of aryl methyl sites for hydroxylation is 1. The van der Waals surface area contributed by atoms with Crippen molar-refractivity contribution in [3.63, 3.8) is 0 Å². The number of hydrogen-bond acceptors (Lipinski definition) is 8. The minimum Gasteiger partial charge on any atom is -0.485 e. The van der Waals surface area contributed by atoms with Crippen LogP contribution in [-0.4, -0.2) is 38.2 Å². The highest BCUT2D eigenvalue weighted by Crippen LogP contribution is 2.35. The minimum absolute atomic E-state index is 0.136. The zero-order valence-electron chi connectivity index (χ0n) is 18.0. The topological polar surface area (TPSA) is 104 Å². The lowest BCUT2D eigenvalue weighted by molar-refractivity contribution is -0.113. The fraction of sp³-hybridized carbons (Fsp3) is 0.217. The van der Waals surface area contributed by atoms with Crippen LogP contribution in [0.15, 0.2) is 64.3 Å². The number of nitrogens with zero attached hydrogens (tertiary/aromatic N) is 4. The van der Waals surface area contributed by atoms with E-state index in [0.717, 1.165) is 11.1 Å². The van der Waals surface area contributed by atoms with Crippen molar-refractivity contribution in [1.29, 1.82) is 0 Å². The summed E-state index contributed by atoms with van der Waals surface area (Å²) in [5, 5.41) is 15.8. The fourth-order valence-corrected chi connectivity index (χ4v) is 4.10. The van der Waals surface area contributed by atoms with E-state index in [4.69, 9.17) is 14.0 Å². The van der Waals surface area contributed by atoms with Crippen LogP contribution >= 0.6 is 11.8 Å². The Bertz CT molecular complexity index is 1280. The Labute approximate surface area is 194 Å². The van der Waals surface area contributed by atoms with E-state index in [-0.39, 0.29) is 17.8 Å². The summed E-state index contributed by atoms with van der Waals surface area (Å²) in [4.78, 5) is 12.4. The van der Waals surface area contributed by atoms with Gasteiger partial charge in [0.15, 0.2) is 28.6 Å². The summed E-state index contributed by atoms with van der Waals surface area (Å²) in [5.74, 6) is 2.20. The van der Waals surface area contributed by atoms with Crippen molar-refractivity contribution < 1.29 is 18.8 Å². The van der Waals surface area contributed by atoms with E-state index in [1.165, 1.54) is 11.8 Å². The highest BCUT2D eigenvalue weighted by Gasteiger charge is 2.27. The molecule has 33 heavy (non-hydrogen) atoms. The van der Waals surface area contributed by atoms with Crippen molar-refractivity contribution in [2.24, 2.45) is 7.05 Å². The van der Waals surface area contributed by atoms with E-state index in [9.17, 15) is 4.79 Å². The largest absolute Gasteiger partial charge is 0.485 e. The molecular formula is C23H21N5O4S. The lowest BCUT2D eigenvalue weighted by Gasteiger charge is -2.25. The second kappa shape index (κ2) is 8.99. The summed E-state index contributed by atoms with van der Waals surface area (Å²) < 4.78 is 18.8. The number of thioether (sulfide) groups is 1. The summed E-state index contributed by atoms with van der Waals surface area (Å²) >= 11 is 1.27. The number of carbonyl (C=O) groups is 1. The molecule has 2 aromatic carbocycles. The predicted octanol–water partition coefficient (Wildman–Crippen LogP) is 4.02. The molecule has 0 unspecified atom stereocenters. The molecule has 10 heteroatoms. The molecular weight excluding hydrogens is 442 g/mol. The molecule has 168 valence electrons. The van der Waals surface area contributed by atoms with Gasteiger partial charge in [-0.1, -0.05) is 58.9 Å².